The zero-order valence-corrected chi connectivity index (χ0v) is 17.8. The molecular weight excluding hydrogens is 368 g/mol. The Morgan fingerprint density at radius 2 is 2.00 bits per heavy atom. The molecular formula is C22H36N4O3. The Morgan fingerprint density at radius 1 is 1.17 bits per heavy atom. The second-order valence-electron chi connectivity index (χ2n) is 7.23. The molecule has 7 nitrogen and oxygen atoms in total. The SMILES string of the molecule is CCNC(=O)COc1cccc(CNC(=NC)NCCCOC2CCCCC2)c1. The second-order valence-corrected chi connectivity index (χ2v) is 7.23. The predicted octanol–water partition coefficient (Wildman–Crippen LogP) is 2.61. The van der Waals surface area contributed by atoms with Crippen LogP contribution in [-0.2, 0) is 16.1 Å². The molecule has 0 heterocycles. The highest BCUT2D eigenvalue weighted by atomic mass is 16.5. The predicted molar refractivity (Wildman–Crippen MR) is 116 cm³/mol. The number of hydrogen-bond donors (Lipinski definition) is 3. The van der Waals surface area contributed by atoms with E-state index >= 15 is 0 Å². The zero-order valence-electron chi connectivity index (χ0n) is 17.8. The van der Waals surface area contributed by atoms with Crippen molar-refractivity contribution in [3.05, 3.63) is 29.8 Å². The van der Waals surface area contributed by atoms with Gasteiger partial charge >= 0.3 is 0 Å². The summed E-state index contributed by atoms with van der Waals surface area (Å²) in [4.78, 5) is 15.8. The molecule has 0 spiro atoms. The highest BCUT2D eigenvalue weighted by molar-refractivity contribution is 5.79. The molecule has 0 unspecified atom stereocenters. The Kier molecular flexibility index (Phi) is 11.0. The number of nitrogens with zero attached hydrogens (tertiary/aromatic N) is 1. The van der Waals surface area contributed by atoms with Crippen molar-refractivity contribution in [3.63, 3.8) is 0 Å². The van der Waals surface area contributed by atoms with Crippen molar-refractivity contribution in [2.45, 2.75) is 58.1 Å². The summed E-state index contributed by atoms with van der Waals surface area (Å²) >= 11 is 0. The second kappa shape index (κ2) is 13.8. The van der Waals surface area contributed by atoms with Gasteiger partial charge in [0, 0.05) is 33.3 Å². The van der Waals surface area contributed by atoms with Gasteiger partial charge in [-0.3, -0.25) is 9.79 Å². The first-order valence-electron chi connectivity index (χ1n) is 10.8. The van der Waals surface area contributed by atoms with Crippen LogP contribution in [0.25, 0.3) is 0 Å². The van der Waals surface area contributed by atoms with Crippen molar-refractivity contribution in [2.24, 2.45) is 4.99 Å². The fourth-order valence-electron chi connectivity index (χ4n) is 3.31. The highest BCUT2D eigenvalue weighted by Crippen LogP contribution is 2.20. The van der Waals surface area contributed by atoms with E-state index in [-0.39, 0.29) is 12.5 Å². The molecule has 0 radical (unpaired) electrons. The molecule has 1 fully saturated rings. The summed E-state index contributed by atoms with van der Waals surface area (Å²) in [6.45, 7) is 4.75. The maximum absolute atomic E-state index is 11.5. The number of nitrogens with one attached hydrogen (secondary N) is 3. The van der Waals surface area contributed by atoms with Crippen LogP contribution < -0.4 is 20.7 Å². The summed E-state index contributed by atoms with van der Waals surface area (Å²) < 4.78 is 11.5. The molecule has 7 heteroatoms. The van der Waals surface area contributed by atoms with Crippen LogP contribution in [0.5, 0.6) is 5.75 Å². The summed E-state index contributed by atoms with van der Waals surface area (Å²) in [5.41, 5.74) is 1.06. The van der Waals surface area contributed by atoms with Crippen LogP contribution in [0.1, 0.15) is 51.0 Å². The van der Waals surface area contributed by atoms with Gasteiger partial charge in [-0.05, 0) is 43.9 Å². The third kappa shape index (κ3) is 9.65. The number of hydrogen-bond acceptors (Lipinski definition) is 4. The van der Waals surface area contributed by atoms with Gasteiger partial charge in [-0.25, -0.2) is 0 Å². The minimum atomic E-state index is -0.118. The maximum atomic E-state index is 11.5. The van der Waals surface area contributed by atoms with Gasteiger partial charge in [-0.2, -0.15) is 0 Å². The third-order valence-corrected chi connectivity index (χ3v) is 4.85. The van der Waals surface area contributed by atoms with E-state index in [4.69, 9.17) is 9.47 Å². The summed E-state index contributed by atoms with van der Waals surface area (Å²) in [6.07, 6.45) is 7.80. The van der Waals surface area contributed by atoms with Crippen molar-refractivity contribution in [1.29, 1.82) is 0 Å². The van der Waals surface area contributed by atoms with Crippen LogP contribution in [0.15, 0.2) is 29.3 Å². The number of benzene rings is 1. The van der Waals surface area contributed by atoms with Gasteiger partial charge in [0.05, 0.1) is 6.10 Å². The lowest BCUT2D eigenvalue weighted by atomic mass is 9.98. The van der Waals surface area contributed by atoms with Crippen molar-refractivity contribution in [2.75, 3.05) is 33.4 Å². The lowest BCUT2D eigenvalue weighted by molar-refractivity contribution is -0.122. The quantitative estimate of drug-likeness (QED) is 0.300. The molecule has 29 heavy (non-hydrogen) atoms. The Bertz CT molecular complexity index is 630. The van der Waals surface area contributed by atoms with E-state index in [1.54, 1.807) is 7.05 Å². The molecule has 0 aliphatic heterocycles. The van der Waals surface area contributed by atoms with E-state index in [9.17, 15) is 4.79 Å². The van der Waals surface area contributed by atoms with Crippen molar-refractivity contribution >= 4 is 11.9 Å². The number of amides is 1. The van der Waals surface area contributed by atoms with E-state index < -0.39 is 0 Å². The molecule has 0 saturated heterocycles. The molecule has 1 aromatic rings. The fraction of sp³-hybridized carbons (Fsp3) is 0.636. The average molecular weight is 405 g/mol. The van der Waals surface area contributed by atoms with Gasteiger partial charge < -0.3 is 25.4 Å². The average Bonchev–Trinajstić information content (AvgIpc) is 2.75. The van der Waals surface area contributed by atoms with Crippen LogP contribution in [0, 0.1) is 0 Å². The van der Waals surface area contributed by atoms with E-state index in [0.717, 1.165) is 31.1 Å². The van der Waals surface area contributed by atoms with E-state index in [2.05, 4.69) is 20.9 Å². The van der Waals surface area contributed by atoms with Crippen molar-refractivity contribution < 1.29 is 14.3 Å². The number of likely N-dealkylation sites (N-methyl/N-ethyl adjacent to an activating group) is 1. The molecule has 162 valence electrons. The van der Waals surface area contributed by atoms with Gasteiger partial charge in [-0.15, -0.1) is 0 Å². The van der Waals surface area contributed by atoms with Crippen LogP contribution in [0.2, 0.25) is 0 Å². The summed E-state index contributed by atoms with van der Waals surface area (Å²) in [5.74, 6) is 1.32. The van der Waals surface area contributed by atoms with Gasteiger partial charge in [0.25, 0.3) is 5.91 Å². The number of rotatable bonds is 11. The number of carbonyl (C=O) groups is 1. The largest absolute Gasteiger partial charge is 0.484 e. The molecule has 0 atom stereocenters. The highest BCUT2D eigenvalue weighted by Gasteiger charge is 2.13. The van der Waals surface area contributed by atoms with Crippen LogP contribution in [0.3, 0.4) is 0 Å². The standard InChI is InChI=1S/C22H36N4O3/c1-3-24-21(27)17-29-20-12-7-9-18(15-20)16-26-22(23-2)25-13-8-14-28-19-10-5-4-6-11-19/h7,9,12,15,19H,3-6,8,10-11,13-14,16-17H2,1-2H3,(H,24,27)(H2,23,25,26). The Labute approximate surface area is 174 Å². The molecule has 1 saturated carbocycles. The Balaban J connectivity index is 1.63. The summed E-state index contributed by atoms with van der Waals surface area (Å²) in [6, 6.07) is 7.71. The molecule has 3 N–H and O–H groups in total. The van der Waals surface area contributed by atoms with Gasteiger partial charge in [0.1, 0.15) is 5.75 Å². The van der Waals surface area contributed by atoms with Crippen molar-refractivity contribution in [3.8, 4) is 5.75 Å². The zero-order chi connectivity index (χ0) is 20.7. The van der Waals surface area contributed by atoms with Crippen molar-refractivity contribution in [1.82, 2.24) is 16.0 Å². The first kappa shape index (κ1) is 23.0. The number of carbonyl (C=O) groups excluding carboxylic acids is 1. The van der Waals surface area contributed by atoms with Crippen LogP contribution in [0.4, 0.5) is 0 Å². The molecule has 2 rings (SSSR count). The molecule has 0 bridgehead atoms. The smallest absolute Gasteiger partial charge is 0.257 e. The number of ether oxygens (including phenoxy) is 2. The van der Waals surface area contributed by atoms with E-state index in [1.807, 2.05) is 31.2 Å². The first-order chi connectivity index (χ1) is 14.2. The van der Waals surface area contributed by atoms with E-state index in [0.29, 0.717) is 24.9 Å². The fourth-order valence-corrected chi connectivity index (χ4v) is 3.31. The molecule has 1 aliphatic rings. The normalized spacial score (nSPS) is 15.0. The lowest BCUT2D eigenvalue weighted by Gasteiger charge is -2.22. The molecule has 1 amide bonds. The Morgan fingerprint density at radius 3 is 2.76 bits per heavy atom. The summed E-state index contributed by atoms with van der Waals surface area (Å²) in [7, 11) is 1.76. The topological polar surface area (TPSA) is 84.0 Å². The first-order valence-corrected chi connectivity index (χ1v) is 10.8. The monoisotopic (exact) mass is 404 g/mol. The van der Waals surface area contributed by atoms with Gasteiger partial charge in [0.2, 0.25) is 0 Å². The molecule has 1 aliphatic carbocycles. The minimum Gasteiger partial charge on any atom is -0.484 e. The molecule has 0 aromatic heterocycles. The maximum Gasteiger partial charge on any atom is 0.257 e. The van der Waals surface area contributed by atoms with Gasteiger partial charge in [-0.1, -0.05) is 31.4 Å². The van der Waals surface area contributed by atoms with Gasteiger partial charge in [0.15, 0.2) is 12.6 Å². The molecule has 1 aromatic carbocycles. The minimum absolute atomic E-state index is 0.0247. The lowest BCUT2D eigenvalue weighted by Crippen LogP contribution is -2.37. The summed E-state index contributed by atoms with van der Waals surface area (Å²) in [5, 5.41) is 9.34. The Hall–Kier alpha value is -2.28. The third-order valence-electron chi connectivity index (χ3n) is 4.85. The number of aliphatic imine (C=N–C) groups is 1. The van der Waals surface area contributed by atoms with E-state index in [1.165, 1.54) is 32.1 Å². The number of guanidine groups is 1. The van der Waals surface area contributed by atoms with Crippen LogP contribution in [-0.4, -0.2) is 51.3 Å². The van der Waals surface area contributed by atoms with Crippen LogP contribution >= 0.6 is 0 Å².